The highest BCUT2D eigenvalue weighted by Crippen LogP contribution is 2.16. The van der Waals surface area contributed by atoms with Crippen molar-refractivity contribution in [2.75, 3.05) is 0 Å². The molecule has 3 aromatic rings. The Labute approximate surface area is 140 Å². The molecule has 1 heterocycles. The van der Waals surface area contributed by atoms with Crippen LogP contribution in [-0.2, 0) is 19.6 Å². The SMILES string of the molecule is Cc1ccc(CN(Cc2ccc(F)cc2)Cc2nccs2)cc1. The third-order valence-electron chi connectivity index (χ3n) is 3.69. The number of nitrogens with zero attached hydrogens (tertiary/aromatic N) is 2. The molecule has 0 saturated heterocycles. The van der Waals surface area contributed by atoms with Gasteiger partial charge in [-0.25, -0.2) is 9.37 Å². The molecule has 0 unspecified atom stereocenters. The summed E-state index contributed by atoms with van der Waals surface area (Å²) in [6, 6.07) is 15.3. The number of rotatable bonds is 6. The molecule has 0 aliphatic heterocycles. The van der Waals surface area contributed by atoms with Gasteiger partial charge in [0.2, 0.25) is 0 Å². The summed E-state index contributed by atoms with van der Waals surface area (Å²) in [5.74, 6) is -0.196. The average Bonchev–Trinajstić information content (AvgIpc) is 3.05. The predicted octanol–water partition coefficient (Wildman–Crippen LogP) is 4.79. The molecule has 0 atom stereocenters. The van der Waals surface area contributed by atoms with E-state index in [1.54, 1.807) is 11.3 Å². The molecule has 0 saturated carbocycles. The summed E-state index contributed by atoms with van der Waals surface area (Å²) in [7, 11) is 0. The molecule has 4 heteroatoms. The first-order valence-electron chi connectivity index (χ1n) is 7.60. The van der Waals surface area contributed by atoms with Gasteiger partial charge in [-0.15, -0.1) is 11.3 Å². The van der Waals surface area contributed by atoms with Crippen LogP contribution in [0.1, 0.15) is 21.7 Å². The summed E-state index contributed by atoms with van der Waals surface area (Å²) < 4.78 is 13.1. The van der Waals surface area contributed by atoms with E-state index in [0.717, 1.165) is 30.2 Å². The molecule has 0 bridgehead atoms. The Morgan fingerprint density at radius 2 is 1.52 bits per heavy atom. The minimum absolute atomic E-state index is 0.196. The lowest BCUT2D eigenvalue weighted by atomic mass is 10.1. The predicted molar refractivity (Wildman–Crippen MR) is 92.6 cm³/mol. The maximum atomic E-state index is 13.1. The first-order chi connectivity index (χ1) is 11.2. The third-order valence-corrected chi connectivity index (χ3v) is 4.45. The topological polar surface area (TPSA) is 16.1 Å². The van der Waals surface area contributed by atoms with E-state index in [1.165, 1.54) is 23.3 Å². The van der Waals surface area contributed by atoms with Gasteiger partial charge < -0.3 is 0 Å². The molecule has 118 valence electrons. The van der Waals surface area contributed by atoms with Crippen molar-refractivity contribution >= 4 is 11.3 Å². The van der Waals surface area contributed by atoms with Crippen molar-refractivity contribution < 1.29 is 4.39 Å². The van der Waals surface area contributed by atoms with Gasteiger partial charge in [-0.2, -0.15) is 0 Å². The number of hydrogen-bond donors (Lipinski definition) is 0. The summed E-state index contributed by atoms with van der Waals surface area (Å²) in [5, 5.41) is 3.09. The first-order valence-corrected chi connectivity index (χ1v) is 8.48. The van der Waals surface area contributed by atoms with Crippen molar-refractivity contribution in [3.8, 4) is 0 Å². The quantitative estimate of drug-likeness (QED) is 0.647. The fraction of sp³-hybridized carbons (Fsp3) is 0.211. The normalized spacial score (nSPS) is 11.1. The van der Waals surface area contributed by atoms with Crippen LogP contribution in [0.4, 0.5) is 4.39 Å². The first kappa shape index (κ1) is 15.8. The van der Waals surface area contributed by atoms with Gasteiger partial charge in [-0.05, 0) is 30.2 Å². The van der Waals surface area contributed by atoms with Gasteiger partial charge in [0.05, 0.1) is 6.54 Å². The van der Waals surface area contributed by atoms with Gasteiger partial charge in [0, 0.05) is 24.7 Å². The Hall–Kier alpha value is -2.04. The molecule has 0 amide bonds. The van der Waals surface area contributed by atoms with Gasteiger partial charge in [0.1, 0.15) is 10.8 Å². The second kappa shape index (κ2) is 7.49. The maximum absolute atomic E-state index is 13.1. The molecule has 0 N–H and O–H groups in total. The van der Waals surface area contributed by atoms with Crippen molar-refractivity contribution in [2.45, 2.75) is 26.6 Å². The van der Waals surface area contributed by atoms with Crippen LogP contribution < -0.4 is 0 Å². The number of thiazole rings is 1. The van der Waals surface area contributed by atoms with E-state index in [2.05, 4.69) is 41.1 Å². The van der Waals surface area contributed by atoms with Gasteiger partial charge in [-0.3, -0.25) is 4.90 Å². The fourth-order valence-corrected chi connectivity index (χ4v) is 3.15. The number of halogens is 1. The van der Waals surface area contributed by atoms with Crippen LogP contribution >= 0.6 is 11.3 Å². The smallest absolute Gasteiger partial charge is 0.123 e. The highest BCUT2D eigenvalue weighted by molar-refractivity contribution is 7.09. The number of aryl methyl sites for hydroxylation is 1. The molecule has 0 aliphatic rings. The molecule has 23 heavy (non-hydrogen) atoms. The molecular formula is C19H19FN2S. The highest BCUT2D eigenvalue weighted by atomic mass is 32.1. The zero-order valence-corrected chi connectivity index (χ0v) is 13.9. The van der Waals surface area contributed by atoms with Crippen LogP contribution in [0.3, 0.4) is 0 Å². The zero-order chi connectivity index (χ0) is 16.1. The summed E-state index contributed by atoms with van der Waals surface area (Å²) in [6.45, 7) is 4.50. The van der Waals surface area contributed by atoms with Crippen LogP contribution in [0.5, 0.6) is 0 Å². The van der Waals surface area contributed by atoms with Crippen molar-refractivity contribution in [2.24, 2.45) is 0 Å². The summed E-state index contributed by atoms with van der Waals surface area (Å²) in [5.41, 5.74) is 3.64. The van der Waals surface area contributed by atoms with E-state index < -0.39 is 0 Å². The summed E-state index contributed by atoms with van der Waals surface area (Å²) >= 11 is 1.66. The van der Waals surface area contributed by atoms with Crippen molar-refractivity contribution in [3.05, 3.63) is 87.6 Å². The maximum Gasteiger partial charge on any atom is 0.123 e. The Morgan fingerprint density at radius 1 is 0.913 bits per heavy atom. The molecule has 0 fully saturated rings. The standard InChI is InChI=1S/C19H19FN2S/c1-15-2-4-16(5-3-15)12-22(14-19-21-10-11-23-19)13-17-6-8-18(20)9-7-17/h2-11H,12-14H2,1H3. The Balaban J connectivity index is 1.75. The van der Waals surface area contributed by atoms with E-state index >= 15 is 0 Å². The molecule has 0 radical (unpaired) electrons. The van der Waals surface area contributed by atoms with Crippen LogP contribution in [0, 0.1) is 12.7 Å². The second-order valence-corrected chi connectivity index (χ2v) is 6.66. The fourth-order valence-electron chi connectivity index (χ4n) is 2.49. The molecule has 0 aliphatic carbocycles. The van der Waals surface area contributed by atoms with Crippen LogP contribution in [0.25, 0.3) is 0 Å². The summed E-state index contributed by atoms with van der Waals surface area (Å²) in [6.07, 6.45) is 1.84. The van der Waals surface area contributed by atoms with Gasteiger partial charge >= 0.3 is 0 Å². The summed E-state index contributed by atoms with van der Waals surface area (Å²) in [4.78, 5) is 6.71. The monoisotopic (exact) mass is 326 g/mol. The lowest BCUT2D eigenvalue weighted by molar-refractivity contribution is 0.247. The van der Waals surface area contributed by atoms with E-state index in [0.29, 0.717) is 0 Å². The Morgan fingerprint density at radius 3 is 2.09 bits per heavy atom. The Bertz CT molecular complexity index is 674. The lowest BCUT2D eigenvalue weighted by Crippen LogP contribution is -2.22. The minimum Gasteiger partial charge on any atom is -0.288 e. The van der Waals surface area contributed by atoms with Crippen LogP contribution in [0.15, 0.2) is 60.1 Å². The zero-order valence-electron chi connectivity index (χ0n) is 13.1. The van der Waals surface area contributed by atoms with Crippen molar-refractivity contribution in [1.82, 2.24) is 9.88 Å². The largest absolute Gasteiger partial charge is 0.288 e. The van der Waals surface area contributed by atoms with E-state index in [-0.39, 0.29) is 5.82 Å². The van der Waals surface area contributed by atoms with Crippen molar-refractivity contribution in [1.29, 1.82) is 0 Å². The molecule has 1 aromatic heterocycles. The van der Waals surface area contributed by atoms with E-state index in [4.69, 9.17) is 0 Å². The molecule has 2 aromatic carbocycles. The van der Waals surface area contributed by atoms with Gasteiger partial charge in [0.15, 0.2) is 0 Å². The number of benzene rings is 2. The molecular weight excluding hydrogens is 307 g/mol. The Kier molecular flexibility index (Phi) is 5.16. The molecule has 3 rings (SSSR count). The highest BCUT2D eigenvalue weighted by Gasteiger charge is 2.10. The lowest BCUT2D eigenvalue weighted by Gasteiger charge is -2.21. The van der Waals surface area contributed by atoms with Gasteiger partial charge in [-0.1, -0.05) is 42.0 Å². The second-order valence-electron chi connectivity index (χ2n) is 5.68. The molecule has 0 spiro atoms. The van der Waals surface area contributed by atoms with Crippen LogP contribution in [0.2, 0.25) is 0 Å². The van der Waals surface area contributed by atoms with E-state index in [1.807, 2.05) is 23.7 Å². The van der Waals surface area contributed by atoms with Gasteiger partial charge in [0.25, 0.3) is 0 Å². The third kappa shape index (κ3) is 4.71. The number of hydrogen-bond acceptors (Lipinski definition) is 3. The average molecular weight is 326 g/mol. The van der Waals surface area contributed by atoms with Crippen LogP contribution in [-0.4, -0.2) is 9.88 Å². The van der Waals surface area contributed by atoms with E-state index in [9.17, 15) is 4.39 Å². The molecule has 2 nitrogen and oxygen atoms in total. The minimum atomic E-state index is -0.196. The number of aromatic nitrogens is 1. The van der Waals surface area contributed by atoms with Crippen molar-refractivity contribution in [3.63, 3.8) is 0 Å².